The van der Waals surface area contributed by atoms with Crippen molar-refractivity contribution >= 4 is 21.6 Å². The summed E-state index contributed by atoms with van der Waals surface area (Å²) in [6.07, 6.45) is 1.78. The van der Waals surface area contributed by atoms with E-state index in [4.69, 9.17) is 4.74 Å². The molecule has 0 unspecified atom stereocenters. The highest BCUT2D eigenvalue weighted by Crippen LogP contribution is 2.21. The van der Waals surface area contributed by atoms with Crippen LogP contribution in [0, 0.1) is 0 Å². The zero-order valence-corrected chi connectivity index (χ0v) is 14.8. The van der Waals surface area contributed by atoms with Gasteiger partial charge in [-0.3, -0.25) is 4.79 Å². The van der Waals surface area contributed by atoms with Crippen LogP contribution in [0.5, 0.6) is 5.75 Å². The van der Waals surface area contributed by atoms with E-state index in [0.29, 0.717) is 30.1 Å². The average Bonchev–Trinajstić information content (AvgIpc) is 3.18. The molecule has 0 bridgehead atoms. The Morgan fingerprint density at radius 1 is 1.00 bits per heavy atom. The van der Waals surface area contributed by atoms with Crippen LogP contribution in [-0.4, -0.2) is 38.8 Å². The van der Waals surface area contributed by atoms with E-state index >= 15 is 0 Å². The minimum absolute atomic E-state index is 0.218. The molecule has 1 aliphatic rings. The number of hydrogen-bond acceptors (Lipinski definition) is 4. The first-order valence-corrected chi connectivity index (χ1v) is 9.50. The summed E-state index contributed by atoms with van der Waals surface area (Å²) in [4.78, 5) is 12.5. The Kier molecular flexibility index (Phi) is 5.06. The number of amides is 1. The molecule has 1 amide bonds. The molecule has 1 fully saturated rings. The predicted molar refractivity (Wildman–Crippen MR) is 95.4 cm³/mol. The van der Waals surface area contributed by atoms with Crippen LogP contribution in [0.1, 0.15) is 23.2 Å². The lowest BCUT2D eigenvalue weighted by Gasteiger charge is -2.15. The van der Waals surface area contributed by atoms with E-state index in [1.165, 1.54) is 28.6 Å². The number of ether oxygens (including phenoxy) is 1. The Hall–Kier alpha value is -2.38. The molecule has 1 aliphatic heterocycles. The van der Waals surface area contributed by atoms with E-state index in [9.17, 15) is 13.2 Å². The van der Waals surface area contributed by atoms with Crippen molar-refractivity contribution in [1.29, 1.82) is 0 Å². The third kappa shape index (κ3) is 3.83. The van der Waals surface area contributed by atoms with Crippen molar-refractivity contribution in [3.05, 3.63) is 54.1 Å². The molecular weight excluding hydrogens is 340 g/mol. The fourth-order valence-electron chi connectivity index (χ4n) is 2.73. The summed E-state index contributed by atoms with van der Waals surface area (Å²) in [5, 5.41) is 2.77. The molecule has 2 aromatic carbocycles. The maximum Gasteiger partial charge on any atom is 0.255 e. The van der Waals surface area contributed by atoms with Gasteiger partial charge in [-0.15, -0.1) is 0 Å². The number of carbonyl (C=O) groups excluding carboxylic acids is 1. The second-order valence-electron chi connectivity index (χ2n) is 5.82. The fraction of sp³-hybridized carbons (Fsp3) is 0.278. The lowest BCUT2D eigenvalue weighted by atomic mass is 10.2. The van der Waals surface area contributed by atoms with Gasteiger partial charge in [0.2, 0.25) is 10.0 Å². The first-order valence-electron chi connectivity index (χ1n) is 8.06. The summed E-state index contributed by atoms with van der Waals surface area (Å²) in [5.74, 6) is 0.407. The Labute approximate surface area is 147 Å². The number of methoxy groups -OCH3 is 1. The van der Waals surface area contributed by atoms with E-state index in [0.717, 1.165) is 12.8 Å². The summed E-state index contributed by atoms with van der Waals surface area (Å²) in [6.45, 7) is 1.12. The van der Waals surface area contributed by atoms with Gasteiger partial charge in [0.1, 0.15) is 5.75 Å². The molecule has 0 aliphatic carbocycles. The zero-order chi connectivity index (χ0) is 17.9. The number of anilines is 1. The van der Waals surface area contributed by atoms with E-state index in [1.807, 2.05) is 0 Å². The zero-order valence-electron chi connectivity index (χ0n) is 13.9. The van der Waals surface area contributed by atoms with Crippen molar-refractivity contribution < 1.29 is 17.9 Å². The van der Waals surface area contributed by atoms with Crippen LogP contribution < -0.4 is 10.1 Å². The topological polar surface area (TPSA) is 75.7 Å². The van der Waals surface area contributed by atoms with Crippen LogP contribution in [0.15, 0.2) is 53.4 Å². The van der Waals surface area contributed by atoms with Gasteiger partial charge in [-0.05, 0) is 61.4 Å². The standard InChI is InChI=1S/C18H20N2O4S/c1-24-16-8-6-15(7-9-16)19-18(21)14-4-10-17(11-5-14)25(22,23)20-12-2-3-13-20/h4-11H,2-3,12-13H2,1H3,(H,19,21). The lowest BCUT2D eigenvalue weighted by molar-refractivity contribution is 0.102. The molecule has 0 saturated carbocycles. The van der Waals surface area contributed by atoms with E-state index < -0.39 is 10.0 Å². The Bertz CT molecular complexity index is 840. The maximum absolute atomic E-state index is 12.5. The summed E-state index contributed by atoms with van der Waals surface area (Å²) in [5.41, 5.74) is 1.04. The molecule has 0 radical (unpaired) electrons. The largest absolute Gasteiger partial charge is 0.497 e. The highest BCUT2D eigenvalue weighted by Gasteiger charge is 2.27. The van der Waals surface area contributed by atoms with Crippen molar-refractivity contribution in [2.24, 2.45) is 0 Å². The molecule has 132 valence electrons. The Balaban J connectivity index is 1.71. The Morgan fingerprint density at radius 3 is 2.16 bits per heavy atom. The van der Waals surface area contributed by atoms with Gasteiger partial charge < -0.3 is 10.1 Å². The maximum atomic E-state index is 12.5. The van der Waals surface area contributed by atoms with Crippen LogP contribution in [0.3, 0.4) is 0 Å². The molecular formula is C18H20N2O4S. The highest BCUT2D eigenvalue weighted by atomic mass is 32.2. The molecule has 1 N–H and O–H groups in total. The van der Waals surface area contributed by atoms with Crippen molar-refractivity contribution in [2.75, 3.05) is 25.5 Å². The second-order valence-corrected chi connectivity index (χ2v) is 7.76. The van der Waals surface area contributed by atoms with Crippen molar-refractivity contribution in [3.8, 4) is 5.75 Å². The van der Waals surface area contributed by atoms with E-state index in [2.05, 4.69) is 5.32 Å². The van der Waals surface area contributed by atoms with E-state index in [1.54, 1.807) is 31.4 Å². The van der Waals surface area contributed by atoms with Crippen molar-refractivity contribution in [2.45, 2.75) is 17.7 Å². The van der Waals surface area contributed by atoms with Crippen LogP contribution in [0.2, 0.25) is 0 Å². The van der Waals surface area contributed by atoms with Gasteiger partial charge >= 0.3 is 0 Å². The molecule has 1 heterocycles. The molecule has 1 saturated heterocycles. The van der Waals surface area contributed by atoms with Gasteiger partial charge in [0, 0.05) is 24.3 Å². The normalized spacial score (nSPS) is 15.1. The molecule has 2 aromatic rings. The van der Waals surface area contributed by atoms with E-state index in [-0.39, 0.29) is 10.8 Å². The van der Waals surface area contributed by atoms with Crippen molar-refractivity contribution in [3.63, 3.8) is 0 Å². The Morgan fingerprint density at radius 2 is 1.60 bits per heavy atom. The summed E-state index contributed by atoms with van der Waals surface area (Å²) < 4.78 is 31.5. The third-order valence-electron chi connectivity index (χ3n) is 4.17. The van der Waals surface area contributed by atoms with Gasteiger partial charge in [-0.25, -0.2) is 8.42 Å². The monoisotopic (exact) mass is 360 g/mol. The number of sulfonamides is 1. The number of carbonyl (C=O) groups is 1. The molecule has 7 heteroatoms. The van der Waals surface area contributed by atoms with Gasteiger partial charge in [0.25, 0.3) is 5.91 Å². The minimum Gasteiger partial charge on any atom is -0.497 e. The highest BCUT2D eigenvalue weighted by molar-refractivity contribution is 7.89. The molecule has 6 nitrogen and oxygen atoms in total. The first kappa shape index (κ1) is 17.4. The van der Waals surface area contributed by atoms with Crippen molar-refractivity contribution in [1.82, 2.24) is 4.31 Å². The molecule has 0 spiro atoms. The molecule has 0 aromatic heterocycles. The van der Waals surface area contributed by atoms with Crippen LogP contribution in [0.4, 0.5) is 5.69 Å². The first-order chi connectivity index (χ1) is 12.0. The minimum atomic E-state index is -3.46. The molecule has 3 rings (SSSR count). The van der Waals surface area contributed by atoms with Crippen LogP contribution in [0.25, 0.3) is 0 Å². The summed E-state index contributed by atoms with van der Waals surface area (Å²) in [6, 6.07) is 13.0. The molecule has 0 atom stereocenters. The quantitative estimate of drug-likeness (QED) is 0.890. The van der Waals surface area contributed by atoms with Gasteiger partial charge in [0.15, 0.2) is 0 Å². The van der Waals surface area contributed by atoms with Crippen LogP contribution >= 0.6 is 0 Å². The molecule has 25 heavy (non-hydrogen) atoms. The number of rotatable bonds is 5. The van der Waals surface area contributed by atoms with Gasteiger partial charge in [-0.2, -0.15) is 4.31 Å². The second kappa shape index (κ2) is 7.25. The average molecular weight is 360 g/mol. The summed E-state index contributed by atoms with van der Waals surface area (Å²) >= 11 is 0. The van der Waals surface area contributed by atoms with Crippen LogP contribution in [-0.2, 0) is 10.0 Å². The number of hydrogen-bond donors (Lipinski definition) is 1. The third-order valence-corrected chi connectivity index (χ3v) is 6.08. The number of nitrogens with one attached hydrogen (secondary N) is 1. The number of nitrogens with zero attached hydrogens (tertiary/aromatic N) is 1. The number of benzene rings is 2. The SMILES string of the molecule is COc1ccc(NC(=O)c2ccc(S(=O)(=O)N3CCCC3)cc2)cc1. The van der Waals surface area contributed by atoms with Gasteiger partial charge in [-0.1, -0.05) is 0 Å². The lowest BCUT2D eigenvalue weighted by Crippen LogP contribution is -2.27. The fourth-order valence-corrected chi connectivity index (χ4v) is 4.25. The summed E-state index contributed by atoms with van der Waals surface area (Å²) in [7, 11) is -1.89. The smallest absolute Gasteiger partial charge is 0.255 e. The van der Waals surface area contributed by atoms with Gasteiger partial charge in [0.05, 0.1) is 12.0 Å². The predicted octanol–water partition coefficient (Wildman–Crippen LogP) is 2.73.